The van der Waals surface area contributed by atoms with Crippen molar-refractivity contribution in [1.82, 2.24) is 10.3 Å². The van der Waals surface area contributed by atoms with E-state index in [0.717, 1.165) is 0 Å². The third kappa shape index (κ3) is 4.59. The van der Waals surface area contributed by atoms with E-state index in [1.54, 1.807) is 32.2 Å². The Hall–Kier alpha value is -1.44. The van der Waals surface area contributed by atoms with Crippen molar-refractivity contribution < 1.29 is 18.3 Å². The SMILES string of the molecule is COC(c1ccc(Cl)cc1Cl)C(C)NC(=O)C1CN(C)N=C1C(F)F. The maximum Gasteiger partial charge on any atom is 0.279 e. The molecule has 1 aromatic rings. The maximum absolute atomic E-state index is 13.0. The molecule has 3 atom stereocenters. The van der Waals surface area contributed by atoms with Gasteiger partial charge in [0.25, 0.3) is 6.43 Å². The van der Waals surface area contributed by atoms with Gasteiger partial charge in [-0.25, -0.2) is 8.78 Å². The van der Waals surface area contributed by atoms with Crippen LogP contribution >= 0.6 is 23.2 Å². The Bertz CT molecular complexity index is 673. The molecule has 0 aliphatic carbocycles. The van der Waals surface area contributed by atoms with Gasteiger partial charge in [-0.3, -0.25) is 9.80 Å². The van der Waals surface area contributed by atoms with Crippen LogP contribution in [-0.4, -0.2) is 49.8 Å². The Morgan fingerprint density at radius 1 is 1.44 bits per heavy atom. The average molecular weight is 394 g/mol. The van der Waals surface area contributed by atoms with Gasteiger partial charge in [-0.1, -0.05) is 29.3 Å². The number of nitrogens with zero attached hydrogens (tertiary/aromatic N) is 2. The van der Waals surface area contributed by atoms with Crippen molar-refractivity contribution in [2.75, 3.05) is 20.7 Å². The van der Waals surface area contributed by atoms with E-state index < -0.39 is 36.1 Å². The number of rotatable bonds is 6. The fourth-order valence-corrected chi connectivity index (χ4v) is 3.33. The van der Waals surface area contributed by atoms with Crippen LogP contribution in [0.25, 0.3) is 0 Å². The number of hydrogen-bond acceptors (Lipinski definition) is 4. The Labute approximate surface area is 154 Å². The van der Waals surface area contributed by atoms with Crippen LogP contribution in [0.15, 0.2) is 23.3 Å². The highest BCUT2D eigenvalue weighted by Gasteiger charge is 2.37. The first-order valence-electron chi connectivity index (χ1n) is 7.60. The molecule has 0 spiro atoms. The fraction of sp³-hybridized carbons (Fsp3) is 0.500. The molecule has 0 fully saturated rings. The second-order valence-electron chi connectivity index (χ2n) is 5.84. The predicted molar refractivity (Wildman–Crippen MR) is 93.4 cm³/mol. The zero-order chi connectivity index (χ0) is 18.7. The largest absolute Gasteiger partial charge is 0.375 e. The van der Waals surface area contributed by atoms with Gasteiger partial charge in [-0.15, -0.1) is 0 Å². The third-order valence-corrected chi connectivity index (χ3v) is 4.54. The normalized spacial score (nSPS) is 19.8. The molecule has 25 heavy (non-hydrogen) atoms. The number of carbonyl (C=O) groups is 1. The van der Waals surface area contributed by atoms with Gasteiger partial charge >= 0.3 is 0 Å². The zero-order valence-electron chi connectivity index (χ0n) is 14.0. The first kappa shape index (κ1) is 19.9. The van der Waals surface area contributed by atoms with E-state index in [4.69, 9.17) is 27.9 Å². The quantitative estimate of drug-likeness (QED) is 0.805. The topological polar surface area (TPSA) is 53.9 Å². The molecule has 138 valence electrons. The summed E-state index contributed by atoms with van der Waals surface area (Å²) in [6.45, 7) is 1.83. The van der Waals surface area contributed by atoms with E-state index in [-0.39, 0.29) is 6.54 Å². The second kappa shape index (κ2) is 8.29. The number of alkyl halides is 2. The number of ether oxygens (including phenoxy) is 1. The minimum atomic E-state index is -2.78. The molecular formula is C16H19Cl2F2N3O2. The van der Waals surface area contributed by atoms with Gasteiger partial charge in [0.15, 0.2) is 0 Å². The van der Waals surface area contributed by atoms with Crippen molar-refractivity contribution in [2.24, 2.45) is 11.0 Å². The van der Waals surface area contributed by atoms with Crippen LogP contribution in [0.5, 0.6) is 0 Å². The Morgan fingerprint density at radius 2 is 2.12 bits per heavy atom. The number of hydrazone groups is 1. The summed E-state index contributed by atoms with van der Waals surface area (Å²) in [5.41, 5.74) is 0.221. The Balaban J connectivity index is 2.13. The minimum absolute atomic E-state index is 0.109. The van der Waals surface area contributed by atoms with Crippen molar-refractivity contribution in [3.05, 3.63) is 33.8 Å². The number of carbonyl (C=O) groups excluding carboxylic acids is 1. The molecule has 0 aromatic heterocycles. The van der Waals surface area contributed by atoms with Gasteiger partial charge in [0.05, 0.1) is 12.6 Å². The van der Waals surface area contributed by atoms with Crippen molar-refractivity contribution in [3.63, 3.8) is 0 Å². The molecule has 2 rings (SSSR count). The van der Waals surface area contributed by atoms with Crippen LogP contribution in [0.3, 0.4) is 0 Å². The smallest absolute Gasteiger partial charge is 0.279 e. The second-order valence-corrected chi connectivity index (χ2v) is 6.68. The molecule has 0 bridgehead atoms. The summed E-state index contributed by atoms with van der Waals surface area (Å²) in [6.07, 6.45) is -3.33. The van der Waals surface area contributed by atoms with E-state index >= 15 is 0 Å². The van der Waals surface area contributed by atoms with E-state index in [1.807, 2.05) is 0 Å². The van der Waals surface area contributed by atoms with E-state index in [2.05, 4.69) is 10.4 Å². The van der Waals surface area contributed by atoms with Crippen LogP contribution in [0, 0.1) is 5.92 Å². The van der Waals surface area contributed by atoms with Crippen molar-refractivity contribution in [2.45, 2.75) is 25.5 Å². The molecule has 1 heterocycles. The minimum Gasteiger partial charge on any atom is -0.375 e. The first-order valence-corrected chi connectivity index (χ1v) is 8.36. The van der Waals surface area contributed by atoms with Gasteiger partial charge in [0, 0.05) is 29.8 Å². The maximum atomic E-state index is 13.0. The van der Waals surface area contributed by atoms with Crippen LogP contribution in [0.2, 0.25) is 10.0 Å². The molecular weight excluding hydrogens is 375 g/mol. The number of methoxy groups -OCH3 is 1. The molecule has 0 radical (unpaired) electrons. The summed E-state index contributed by atoms with van der Waals surface area (Å²) in [7, 11) is 3.03. The molecule has 1 aliphatic heterocycles. The molecule has 1 amide bonds. The number of halogens is 4. The van der Waals surface area contributed by atoms with Crippen LogP contribution in [0.4, 0.5) is 8.78 Å². The highest BCUT2D eigenvalue weighted by Crippen LogP contribution is 2.30. The van der Waals surface area contributed by atoms with Gasteiger partial charge in [-0.05, 0) is 19.1 Å². The number of hydrogen-bond donors (Lipinski definition) is 1. The van der Waals surface area contributed by atoms with E-state index in [0.29, 0.717) is 15.6 Å². The monoisotopic (exact) mass is 393 g/mol. The number of benzene rings is 1. The summed E-state index contributed by atoms with van der Waals surface area (Å²) in [6, 6.07) is 4.45. The predicted octanol–water partition coefficient (Wildman–Crippen LogP) is 3.37. The van der Waals surface area contributed by atoms with E-state index in [1.165, 1.54) is 12.1 Å². The van der Waals surface area contributed by atoms with Crippen molar-refractivity contribution >= 4 is 34.8 Å². The van der Waals surface area contributed by atoms with Crippen LogP contribution in [0.1, 0.15) is 18.6 Å². The highest BCUT2D eigenvalue weighted by atomic mass is 35.5. The standard InChI is InChI=1S/C16H19Cl2F2N3O2/c1-8(14(25-3)10-5-4-9(17)6-12(10)18)21-16(24)11-7-23(2)22-13(11)15(19)20/h4-6,8,11,14-15H,7H2,1-3H3,(H,21,24). The summed E-state index contributed by atoms with van der Waals surface area (Å²) in [5, 5.41) is 8.65. The lowest BCUT2D eigenvalue weighted by atomic mass is 10.00. The van der Waals surface area contributed by atoms with E-state index in [9.17, 15) is 13.6 Å². The molecule has 0 saturated carbocycles. The molecule has 5 nitrogen and oxygen atoms in total. The van der Waals surface area contributed by atoms with Gasteiger partial charge in [-0.2, -0.15) is 5.10 Å². The summed E-state index contributed by atoms with van der Waals surface area (Å²) in [4.78, 5) is 12.4. The van der Waals surface area contributed by atoms with Crippen LogP contribution in [-0.2, 0) is 9.53 Å². The summed E-state index contributed by atoms with van der Waals surface area (Å²) < 4.78 is 31.5. The molecule has 9 heteroatoms. The fourth-order valence-electron chi connectivity index (χ4n) is 2.81. The summed E-state index contributed by atoms with van der Waals surface area (Å²) >= 11 is 12.1. The molecule has 0 saturated heterocycles. The summed E-state index contributed by atoms with van der Waals surface area (Å²) in [5.74, 6) is -1.52. The van der Waals surface area contributed by atoms with Gasteiger partial charge < -0.3 is 10.1 Å². The molecule has 3 unspecified atom stereocenters. The first-order chi connectivity index (χ1) is 11.7. The molecule has 1 aliphatic rings. The van der Waals surface area contributed by atoms with Crippen molar-refractivity contribution in [1.29, 1.82) is 0 Å². The average Bonchev–Trinajstić information content (AvgIpc) is 2.92. The van der Waals surface area contributed by atoms with Gasteiger partial charge in [0.2, 0.25) is 5.91 Å². The Morgan fingerprint density at radius 3 is 2.68 bits per heavy atom. The lowest BCUT2D eigenvalue weighted by Crippen LogP contribution is -2.45. The Kier molecular flexibility index (Phi) is 6.59. The highest BCUT2D eigenvalue weighted by molar-refractivity contribution is 6.35. The van der Waals surface area contributed by atoms with Crippen molar-refractivity contribution in [3.8, 4) is 0 Å². The lowest BCUT2D eigenvalue weighted by Gasteiger charge is -2.26. The van der Waals surface area contributed by atoms with Gasteiger partial charge in [0.1, 0.15) is 17.7 Å². The number of nitrogens with one attached hydrogen (secondary N) is 1. The lowest BCUT2D eigenvalue weighted by molar-refractivity contribution is -0.124. The number of amides is 1. The molecule has 1 N–H and O–H groups in total. The zero-order valence-corrected chi connectivity index (χ0v) is 15.5. The van der Waals surface area contributed by atoms with Crippen LogP contribution < -0.4 is 5.32 Å². The third-order valence-electron chi connectivity index (χ3n) is 3.98. The molecule has 1 aromatic carbocycles.